The molecule has 0 rings (SSSR count). The van der Waals surface area contributed by atoms with Gasteiger partial charge in [-0.05, 0) is 0 Å². The molecule has 0 saturated carbocycles. The van der Waals surface area contributed by atoms with E-state index in [1.807, 2.05) is 0 Å². The molecule has 0 spiro atoms. The zero-order valence-corrected chi connectivity index (χ0v) is 13.5. The van der Waals surface area contributed by atoms with Crippen LogP contribution >= 0.6 is 0 Å². The first-order valence-corrected chi connectivity index (χ1v) is 4.00. The number of rotatable bonds is 0. The fraction of sp³-hybridized carbons (Fsp3) is 0. The second kappa shape index (κ2) is 36.4. The van der Waals surface area contributed by atoms with Crippen LogP contribution in [0.2, 0.25) is 0 Å². The van der Waals surface area contributed by atoms with Gasteiger partial charge in [0.2, 0.25) is 0 Å². The monoisotopic (exact) mass is 366 g/mol. The van der Waals surface area contributed by atoms with E-state index in [0.717, 1.165) is 0 Å². The van der Waals surface area contributed by atoms with Gasteiger partial charge < -0.3 is 56.5 Å². The summed E-state index contributed by atoms with van der Waals surface area (Å²) in [6.07, 6.45) is 0. The van der Waals surface area contributed by atoms with Crippen molar-refractivity contribution >= 4 is 66.9 Å². The smallest absolute Gasteiger partial charge is 0.759 e. The van der Waals surface area contributed by atoms with E-state index in [9.17, 15) is 0 Å². The summed E-state index contributed by atoms with van der Waals surface area (Å²) in [7, 11) is -10.3. The van der Waals surface area contributed by atoms with Crippen LogP contribution in [0.25, 0.3) is 0 Å². The molecule has 0 aromatic carbocycles. The molecule has 0 aliphatic heterocycles. The Hall–Kier alpha value is 0.992. The molecule has 0 heterocycles. The Labute approximate surface area is 140 Å². The third-order valence-corrected chi connectivity index (χ3v) is 0. The van der Waals surface area contributed by atoms with Gasteiger partial charge in [0, 0.05) is 20.8 Å². The van der Waals surface area contributed by atoms with Crippen LogP contribution < -0.4 is 0 Å². The van der Waals surface area contributed by atoms with E-state index in [1.54, 1.807) is 0 Å². The Morgan fingerprint density at radius 3 is 0.421 bits per heavy atom. The van der Waals surface area contributed by atoms with Gasteiger partial charge in [0.25, 0.3) is 0 Å². The van der Waals surface area contributed by atoms with E-state index in [-0.39, 0.29) is 84.4 Å². The predicted octanol–water partition coefficient (Wildman–Crippen LogP) is -9.21. The number of hydrogen-bond donors (Lipinski definition) is 0. The summed E-state index contributed by atoms with van der Waals surface area (Å²) in [5, 5.41) is 0. The average molecular weight is 367 g/mol. The van der Waals surface area contributed by atoms with Crippen LogP contribution in [-0.4, -0.2) is 119 Å². The summed E-state index contributed by atoms with van der Waals surface area (Å²) in [5.41, 5.74) is 0. The summed E-state index contributed by atoms with van der Waals surface area (Å²) in [6, 6.07) is 0. The van der Waals surface area contributed by atoms with E-state index in [2.05, 4.69) is 0 Å². The zero-order valence-electron chi connectivity index (χ0n) is 9.00. The minimum atomic E-state index is -5.17. The van der Waals surface area contributed by atoms with Gasteiger partial charge in [0.15, 0.2) is 0 Å². The molecule has 0 unspecified atom stereocenters. The molecule has 0 bridgehead atoms. The van der Waals surface area contributed by atoms with Crippen LogP contribution in [0.3, 0.4) is 0 Å². The van der Waals surface area contributed by atoms with Gasteiger partial charge in [-0.2, -0.15) is 0 Å². The molecule has 15 nitrogen and oxygen atoms in total. The van der Waals surface area contributed by atoms with Crippen molar-refractivity contribution in [2.75, 3.05) is 0 Å². The molecule has 0 amide bonds. The quantitative estimate of drug-likeness (QED) is 0.224. The molecule has 0 aliphatic carbocycles. The molecule has 14 N–H and O–H groups in total. The Balaban J connectivity index is -0.00000000508. The van der Waals surface area contributed by atoms with E-state index >= 15 is 0 Å². The standard InChI is InChI=1S/2Mg.2H2O4S.7H2O/c;;2*1-5(2,3)4;;;;;;;/h;;2*(H2,1,2,3,4);7*1H2/q2*+2;;;;;;;;;/p-4. The van der Waals surface area contributed by atoms with E-state index in [4.69, 9.17) is 35.0 Å². The van der Waals surface area contributed by atoms with Gasteiger partial charge in [0.05, 0.1) is 0 Å². The molecular weight excluding hydrogens is 353 g/mol. The second-order valence-corrected chi connectivity index (χ2v) is 2.45. The Kier molecular flexibility index (Phi) is 171. The van der Waals surface area contributed by atoms with Crippen molar-refractivity contribution in [3.8, 4) is 0 Å². The molecule has 0 saturated heterocycles. The van der Waals surface area contributed by atoms with Gasteiger partial charge in [0.1, 0.15) is 0 Å². The molecular formula is H14Mg2O15S2. The van der Waals surface area contributed by atoms with Crippen LogP contribution in [0.4, 0.5) is 0 Å². The van der Waals surface area contributed by atoms with E-state index in [0.29, 0.717) is 0 Å². The van der Waals surface area contributed by atoms with Crippen LogP contribution in [0, 0.1) is 0 Å². The minimum absolute atomic E-state index is 0. The predicted molar refractivity (Wildman–Crippen MR) is 57.8 cm³/mol. The van der Waals surface area contributed by atoms with Crippen LogP contribution in [0.15, 0.2) is 0 Å². The van der Waals surface area contributed by atoms with Crippen molar-refractivity contribution in [1.82, 2.24) is 0 Å². The van der Waals surface area contributed by atoms with Crippen molar-refractivity contribution in [2.45, 2.75) is 0 Å². The zero-order chi connectivity index (χ0) is 9.00. The van der Waals surface area contributed by atoms with Crippen molar-refractivity contribution in [2.24, 2.45) is 0 Å². The molecule has 19 heavy (non-hydrogen) atoms. The topological polar surface area (TPSA) is 381 Å². The summed E-state index contributed by atoms with van der Waals surface area (Å²) < 4.78 is 68.2. The molecule has 19 heteroatoms. The van der Waals surface area contributed by atoms with Crippen molar-refractivity contribution in [3.05, 3.63) is 0 Å². The van der Waals surface area contributed by atoms with Crippen LogP contribution in [0.1, 0.15) is 0 Å². The van der Waals surface area contributed by atoms with Crippen LogP contribution in [-0.2, 0) is 20.8 Å². The third kappa shape index (κ3) is 5570. The fourth-order valence-electron chi connectivity index (χ4n) is 0. The van der Waals surface area contributed by atoms with E-state index < -0.39 is 20.8 Å². The fourth-order valence-corrected chi connectivity index (χ4v) is 0. The first kappa shape index (κ1) is 89.2. The molecule has 0 atom stereocenters. The van der Waals surface area contributed by atoms with Crippen molar-refractivity contribution in [3.63, 3.8) is 0 Å². The Bertz CT molecular complexity index is 215. The maximum absolute atomic E-state index is 8.52. The molecule has 0 aromatic rings. The molecule has 0 fully saturated rings. The van der Waals surface area contributed by atoms with E-state index in [1.165, 1.54) is 0 Å². The summed E-state index contributed by atoms with van der Waals surface area (Å²) >= 11 is 0. The largest absolute Gasteiger partial charge is 2.00 e. The molecule has 0 aliphatic rings. The van der Waals surface area contributed by atoms with Crippen molar-refractivity contribution in [1.29, 1.82) is 0 Å². The van der Waals surface area contributed by atoms with Gasteiger partial charge >= 0.3 is 46.1 Å². The van der Waals surface area contributed by atoms with Gasteiger partial charge in [-0.15, -0.1) is 0 Å². The molecule has 0 aromatic heterocycles. The first-order valence-electron chi connectivity index (χ1n) is 1.33. The second-order valence-electron chi connectivity index (χ2n) is 0.816. The maximum atomic E-state index is 8.52. The third-order valence-electron chi connectivity index (χ3n) is 0. The first-order chi connectivity index (χ1) is 4.00. The minimum Gasteiger partial charge on any atom is -0.759 e. The molecule has 0 radical (unpaired) electrons. The summed E-state index contributed by atoms with van der Waals surface area (Å²) in [4.78, 5) is 0. The van der Waals surface area contributed by atoms with Gasteiger partial charge in [-0.3, -0.25) is 16.8 Å². The Morgan fingerprint density at radius 1 is 0.421 bits per heavy atom. The normalized spacial score (nSPS) is 6.11. The maximum Gasteiger partial charge on any atom is 2.00 e. The summed E-state index contributed by atoms with van der Waals surface area (Å²) in [5.74, 6) is 0. The average Bonchev–Trinajstić information content (AvgIpc) is 1.12. The summed E-state index contributed by atoms with van der Waals surface area (Å²) in [6.45, 7) is 0. The van der Waals surface area contributed by atoms with Crippen molar-refractivity contribution < 1.29 is 73.4 Å². The Morgan fingerprint density at radius 2 is 0.421 bits per heavy atom. The SMILES string of the molecule is O.O.O.O.O.O.O.O=S(=O)([O-])[O-].O=S(=O)([O-])[O-].[Mg+2].[Mg+2]. The van der Waals surface area contributed by atoms with Gasteiger partial charge in [-0.1, -0.05) is 0 Å². The molecule has 120 valence electrons. The van der Waals surface area contributed by atoms with Gasteiger partial charge in [-0.25, -0.2) is 0 Å². The van der Waals surface area contributed by atoms with Crippen LogP contribution in [0.5, 0.6) is 0 Å². The number of hydrogen-bond acceptors (Lipinski definition) is 8.